The Hall–Kier alpha value is -5.07. The number of thioether (sulfide) groups is 1. The van der Waals surface area contributed by atoms with Crippen LogP contribution in [-0.4, -0.2) is 37.3 Å². The minimum absolute atomic E-state index is 0.0177. The first-order chi connectivity index (χ1) is 28.2. The van der Waals surface area contributed by atoms with Gasteiger partial charge in [-0.25, -0.2) is 8.42 Å². The van der Waals surface area contributed by atoms with Crippen LogP contribution >= 0.6 is 11.8 Å². The first-order valence-electron chi connectivity index (χ1n) is 19.4. The van der Waals surface area contributed by atoms with Crippen LogP contribution in [-0.2, 0) is 43.9 Å². The first kappa shape index (κ1) is 41.1. The van der Waals surface area contributed by atoms with Crippen LogP contribution in [0.3, 0.4) is 0 Å². The summed E-state index contributed by atoms with van der Waals surface area (Å²) in [6.45, 7) is 4.23. The molecule has 0 unspecified atom stereocenters. The van der Waals surface area contributed by atoms with Crippen molar-refractivity contribution < 1.29 is 27.8 Å². The summed E-state index contributed by atoms with van der Waals surface area (Å²) in [4.78, 5) is 15.1. The molecule has 0 aliphatic carbocycles. The van der Waals surface area contributed by atoms with E-state index in [9.17, 15) is 18.3 Å². The molecular weight excluding hydrogens is 765 g/mol. The quantitative estimate of drug-likeness (QED) is 0.0888. The molecule has 1 fully saturated rings. The number of nitrogens with one attached hydrogen (secondary N) is 2. The van der Waals surface area contributed by atoms with Gasteiger partial charge in [-0.15, -0.1) is 11.8 Å². The fraction of sp³-hybridized carbons (Fsp3) is 0.229. The van der Waals surface area contributed by atoms with Crippen LogP contribution in [0.2, 0.25) is 0 Å². The Balaban J connectivity index is 1.08. The van der Waals surface area contributed by atoms with Crippen LogP contribution in [0.5, 0.6) is 0 Å². The van der Waals surface area contributed by atoms with Gasteiger partial charge in [0.05, 0.1) is 23.7 Å². The summed E-state index contributed by atoms with van der Waals surface area (Å²) in [6.07, 6.45) is -0.730. The maximum absolute atomic E-state index is 13.8. The third kappa shape index (κ3) is 10.3. The summed E-state index contributed by atoms with van der Waals surface area (Å²) in [5, 5.41) is 12.6. The molecule has 0 spiro atoms. The van der Waals surface area contributed by atoms with E-state index < -0.39 is 28.3 Å². The van der Waals surface area contributed by atoms with Crippen molar-refractivity contribution in [2.24, 2.45) is 5.92 Å². The molecule has 0 bridgehead atoms. The number of sulfonamides is 1. The number of carbonyl (C=O) groups excluding carboxylic acids is 1. The van der Waals surface area contributed by atoms with Gasteiger partial charge in [0.2, 0.25) is 15.9 Å². The van der Waals surface area contributed by atoms with Gasteiger partial charge in [-0.3, -0.25) is 4.79 Å². The van der Waals surface area contributed by atoms with Gasteiger partial charge in [-0.2, -0.15) is 4.72 Å². The van der Waals surface area contributed by atoms with Crippen molar-refractivity contribution >= 4 is 27.7 Å². The van der Waals surface area contributed by atoms with E-state index in [1.54, 1.807) is 36.0 Å². The van der Waals surface area contributed by atoms with E-state index in [1.807, 2.05) is 128 Å². The summed E-state index contributed by atoms with van der Waals surface area (Å²) >= 11 is 1.77. The number of ether oxygens (including phenoxy) is 2. The van der Waals surface area contributed by atoms with Crippen LogP contribution in [0, 0.1) is 12.8 Å². The minimum atomic E-state index is -3.98. The molecule has 3 N–H and O–H groups in total. The number of aliphatic hydroxyl groups excluding tert-OH is 1. The molecule has 8 nitrogen and oxygen atoms in total. The van der Waals surface area contributed by atoms with Crippen LogP contribution in [0.1, 0.15) is 52.7 Å². The molecule has 6 aromatic carbocycles. The van der Waals surface area contributed by atoms with Gasteiger partial charge in [0.15, 0.2) is 6.29 Å². The number of benzene rings is 6. The van der Waals surface area contributed by atoms with E-state index >= 15 is 0 Å². The zero-order valence-corrected chi connectivity index (χ0v) is 34.2. The van der Waals surface area contributed by atoms with E-state index in [0.717, 1.165) is 50.3 Å². The van der Waals surface area contributed by atoms with Gasteiger partial charge < -0.3 is 19.9 Å². The Kier molecular flexibility index (Phi) is 13.6. The van der Waals surface area contributed by atoms with Crippen molar-refractivity contribution in [1.82, 2.24) is 10.0 Å². The van der Waals surface area contributed by atoms with Gasteiger partial charge in [0, 0.05) is 28.7 Å². The van der Waals surface area contributed by atoms with Gasteiger partial charge in [-0.05, 0) is 71.0 Å². The van der Waals surface area contributed by atoms with Crippen LogP contribution in [0.25, 0.3) is 11.1 Å². The van der Waals surface area contributed by atoms with Crippen LogP contribution in [0.15, 0.2) is 168 Å². The summed E-state index contributed by atoms with van der Waals surface area (Å²) in [6, 6.07) is 49.1. The maximum Gasteiger partial charge on any atom is 0.241 e. The number of hydrogen-bond acceptors (Lipinski definition) is 7. The largest absolute Gasteiger partial charge is 0.392 e. The smallest absolute Gasteiger partial charge is 0.241 e. The average Bonchev–Trinajstić information content (AvgIpc) is 3.26. The van der Waals surface area contributed by atoms with Gasteiger partial charge >= 0.3 is 0 Å². The number of rotatable bonds is 15. The lowest BCUT2D eigenvalue weighted by Gasteiger charge is -2.41. The molecule has 6 aromatic rings. The van der Waals surface area contributed by atoms with Crippen molar-refractivity contribution in [2.75, 3.05) is 5.75 Å². The minimum Gasteiger partial charge on any atom is -0.392 e. The fourth-order valence-corrected chi connectivity index (χ4v) is 9.38. The van der Waals surface area contributed by atoms with E-state index in [-0.39, 0.29) is 42.6 Å². The molecule has 1 saturated heterocycles. The van der Waals surface area contributed by atoms with E-state index in [0.29, 0.717) is 0 Å². The van der Waals surface area contributed by atoms with Crippen molar-refractivity contribution in [2.45, 2.75) is 67.8 Å². The molecule has 0 radical (unpaired) electrons. The van der Waals surface area contributed by atoms with Crippen molar-refractivity contribution in [3.05, 3.63) is 191 Å². The SMILES string of the molecule is Cc1ccc(S(=O)(=O)N[C@H](Cc2ccccc2)C(=O)NCc2ccccc2-c2ccc([C@H]3O[C@@H](CSc4ccccc4)[C@@H](C)[C@@H](c4ccc(CO)cc4)O3)cc2)cc1. The predicted molar refractivity (Wildman–Crippen MR) is 229 cm³/mol. The standard InChI is InChI=1S/C48H48N2O6S2/c1-33-17-27-42(28-18-33)58(53,54)50-44(29-35-11-5-3-6-12-35)47(52)49-30-40-13-9-10-16-43(40)37-23-25-39(26-24-37)48-55-45(32-57-41-14-7-4-8-15-41)34(2)46(56-48)38-21-19-36(31-51)20-22-38/h3-28,34,44-46,48,50-51H,29-32H2,1-2H3,(H,49,52)/t34-,44-,45+,46+,48+/m1/s1. The first-order valence-corrected chi connectivity index (χ1v) is 21.9. The second kappa shape index (κ2) is 19.1. The van der Waals surface area contributed by atoms with Crippen molar-refractivity contribution in [1.29, 1.82) is 0 Å². The van der Waals surface area contributed by atoms with Gasteiger partial charge in [0.25, 0.3) is 0 Å². The van der Waals surface area contributed by atoms with E-state index in [1.165, 1.54) is 4.90 Å². The monoisotopic (exact) mass is 812 g/mol. The summed E-state index contributed by atoms with van der Waals surface area (Å²) in [5.41, 5.74) is 7.31. The number of aliphatic hydroxyl groups is 1. The second-order valence-corrected chi connectivity index (χ2v) is 17.4. The summed E-state index contributed by atoms with van der Waals surface area (Å²) < 4.78 is 42.9. The number of hydrogen-bond donors (Lipinski definition) is 3. The predicted octanol–water partition coefficient (Wildman–Crippen LogP) is 8.94. The lowest BCUT2D eigenvalue weighted by molar-refractivity contribution is -0.268. The molecule has 0 aromatic heterocycles. The maximum atomic E-state index is 13.8. The third-order valence-corrected chi connectivity index (χ3v) is 13.1. The highest BCUT2D eigenvalue weighted by Gasteiger charge is 2.38. The highest BCUT2D eigenvalue weighted by molar-refractivity contribution is 7.99. The number of amides is 1. The van der Waals surface area contributed by atoms with Crippen LogP contribution < -0.4 is 10.0 Å². The normalized spacial score (nSPS) is 18.7. The lowest BCUT2D eigenvalue weighted by atomic mass is 9.91. The molecule has 0 saturated carbocycles. The van der Waals surface area contributed by atoms with Gasteiger partial charge in [-0.1, -0.05) is 146 Å². The Morgan fingerprint density at radius 3 is 2.07 bits per heavy atom. The Morgan fingerprint density at radius 2 is 1.38 bits per heavy atom. The van der Waals surface area contributed by atoms with E-state index in [4.69, 9.17) is 9.47 Å². The molecule has 1 aliphatic heterocycles. The summed E-state index contributed by atoms with van der Waals surface area (Å²) in [7, 11) is -3.98. The molecule has 1 amide bonds. The van der Waals surface area contributed by atoms with Crippen molar-refractivity contribution in [3.63, 3.8) is 0 Å². The molecule has 5 atom stereocenters. The van der Waals surface area contributed by atoms with Crippen molar-refractivity contribution in [3.8, 4) is 11.1 Å². The summed E-state index contributed by atoms with van der Waals surface area (Å²) in [5.74, 6) is 0.401. The molecule has 1 aliphatic rings. The average molecular weight is 813 g/mol. The van der Waals surface area contributed by atoms with E-state index in [2.05, 4.69) is 29.1 Å². The Bertz CT molecular complexity index is 2360. The fourth-order valence-electron chi connectivity index (χ4n) is 7.10. The number of aryl methyl sites for hydroxylation is 1. The molecular formula is C48H48N2O6S2. The van der Waals surface area contributed by atoms with Gasteiger partial charge in [0.1, 0.15) is 6.04 Å². The zero-order chi connectivity index (χ0) is 40.5. The van der Waals surface area contributed by atoms with Crippen LogP contribution in [0.4, 0.5) is 0 Å². The zero-order valence-electron chi connectivity index (χ0n) is 32.5. The lowest BCUT2D eigenvalue weighted by Crippen LogP contribution is -2.47. The molecule has 10 heteroatoms. The highest BCUT2D eigenvalue weighted by Crippen LogP contribution is 2.43. The third-order valence-electron chi connectivity index (χ3n) is 10.5. The highest BCUT2D eigenvalue weighted by atomic mass is 32.2. The Morgan fingerprint density at radius 1 is 0.741 bits per heavy atom. The second-order valence-electron chi connectivity index (χ2n) is 14.6. The molecule has 7 rings (SSSR count). The topological polar surface area (TPSA) is 114 Å². The Labute approximate surface area is 345 Å². The molecule has 1 heterocycles. The molecule has 298 valence electrons. The molecule has 58 heavy (non-hydrogen) atoms. The number of carbonyl (C=O) groups is 1.